The fourth-order valence-electron chi connectivity index (χ4n) is 6.61. The second-order valence-electron chi connectivity index (χ2n) is 11.4. The number of hydrogen-bond acceptors (Lipinski definition) is 0. The maximum Gasteiger partial charge on any atom is 0.0897 e. The summed E-state index contributed by atoms with van der Waals surface area (Å²) < 4.78 is 12.6. The number of alkyl halides is 1. The highest BCUT2D eigenvalue weighted by molar-refractivity contribution is 5.64. The summed E-state index contributed by atoms with van der Waals surface area (Å²) in [5.41, 5.74) is 5.62. The van der Waals surface area contributed by atoms with Crippen LogP contribution < -0.4 is 0 Å². The van der Waals surface area contributed by atoms with Crippen molar-refractivity contribution in [3.8, 4) is 11.1 Å². The van der Waals surface area contributed by atoms with Gasteiger partial charge in [0.05, 0.1) is 6.67 Å². The fourth-order valence-corrected chi connectivity index (χ4v) is 6.61. The monoisotopic (exact) mass is 462 g/mol. The number of rotatable bonds is 11. The molecule has 1 heteroatoms. The highest BCUT2D eigenvalue weighted by Gasteiger charge is 2.22. The standard InChI is InChI=1S/C33H47F/c1-2-3-4-5-26-6-8-27(9-7-26)10-11-28-12-16-30(17-13-28)32-20-22-33(23-21-32)31-18-14-29(15-19-31)24-25-34/h12-13,16-17,20-23,26-27,29,31H,2-11,14-15,18-19,24-25H2,1H3/t26-,27-,29-,31-. The van der Waals surface area contributed by atoms with Gasteiger partial charge < -0.3 is 0 Å². The number of aryl methyl sites for hydroxylation is 1. The molecule has 0 radical (unpaired) electrons. The van der Waals surface area contributed by atoms with Gasteiger partial charge in [-0.15, -0.1) is 0 Å². The van der Waals surface area contributed by atoms with E-state index in [0.717, 1.165) is 18.3 Å². The van der Waals surface area contributed by atoms with Crippen molar-refractivity contribution in [1.29, 1.82) is 0 Å². The third-order valence-corrected chi connectivity index (χ3v) is 9.06. The molecule has 0 nitrogen and oxygen atoms in total. The number of benzene rings is 2. The van der Waals surface area contributed by atoms with Gasteiger partial charge in [0, 0.05) is 0 Å². The Morgan fingerprint density at radius 3 is 1.74 bits per heavy atom. The molecule has 0 spiro atoms. The van der Waals surface area contributed by atoms with Crippen molar-refractivity contribution in [1.82, 2.24) is 0 Å². The van der Waals surface area contributed by atoms with E-state index in [1.807, 2.05) is 0 Å². The molecule has 2 fully saturated rings. The Labute approximate surface area is 208 Å². The van der Waals surface area contributed by atoms with Gasteiger partial charge in [-0.05, 0) is 90.9 Å². The molecule has 2 aliphatic rings. The minimum absolute atomic E-state index is 0.150. The minimum atomic E-state index is -0.150. The Hall–Kier alpha value is -1.63. The minimum Gasteiger partial charge on any atom is -0.251 e. The van der Waals surface area contributed by atoms with Gasteiger partial charge in [0.15, 0.2) is 0 Å². The predicted molar refractivity (Wildman–Crippen MR) is 145 cm³/mol. The largest absolute Gasteiger partial charge is 0.251 e. The van der Waals surface area contributed by atoms with Gasteiger partial charge in [-0.1, -0.05) is 107 Å². The van der Waals surface area contributed by atoms with Gasteiger partial charge in [0.2, 0.25) is 0 Å². The Morgan fingerprint density at radius 1 is 0.618 bits per heavy atom. The van der Waals surface area contributed by atoms with Crippen LogP contribution >= 0.6 is 0 Å². The first kappa shape index (κ1) is 25.5. The van der Waals surface area contributed by atoms with Crippen molar-refractivity contribution in [3.05, 3.63) is 59.7 Å². The van der Waals surface area contributed by atoms with Gasteiger partial charge in [0.25, 0.3) is 0 Å². The quantitative estimate of drug-likeness (QED) is 0.291. The molecule has 0 N–H and O–H groups in total. The summed E-state index contributed by atoms with van der Waals surface area (Å²) in [6.07, 6.45) is 19.7. The van der Waals surface area contributed by atoms with Crippen molar-refractivity contribution in [2.24, 2.45) is 17.8 Å². The molecule has 0 bridgehead atoms. The van der Waals surface area contributed by atoms with E-state index in [9.17, 15) is 4.39 Å². The van der Waals surface area contributed by atoms with Crippen LogP contribution in [-0.2, 0) is 6.42 Å². The fraction of sp³-hybridized carbons (Fsp3) is 0.636. The molecule has 0 saturated heterocycles. The molecule has 0 heterocycles. The number of unbranched alkanes of at least 4 members (excludes halogenated alkanes) is 2. The predicted octanol–water partition coefficient (Wildman–Crippen LogP) is 10.3. The van der Waals surface area contributed by atoms with Gasteiger partial charge in [0.1, 0.15) is 0 Å². The summed E-state index contributed by atoms with van der Waals surface area (Å²) in [7, 11) is 0. The van der Waals surface area contributed by atoms with Crippen LogP contribution in [0.2, 0.25) is 0 Å². The van der Waals surface area contributed by atoms with Gasteiger partial charge in [-0.25, -0.2) is 0 Å². The zero-order valence-corrected chi connectivity index (χ0v) is 21.6. The molecule has 0 aliphatic heterocycles. The highest BCUT2D eigenvalue weighted by atomic mass is 19.1. The van der Waals surface area contributed by atoms with E-state index < -0.39 is 0 Å². The topological polar surface area (TPSA) is 0 Å². The van der Waals surface area contributed by atoms with E-state index in [1.54, 1.807) is 0 Å². The van der Waals surface area contributed by atoms with Gasteiger partial charge in [-0.3, -0.25) is 4.39 Å². The molecule has 4 rings (SSSR count). The Bertz CT molecular complexity index is 805. The summed E-state index contributed by atoms with van der Waals surface area (Å²) in [5.74, 6) is 3.25. The molecule has 2 aromatic carbocycles. The lowest BCUT2D eigenvalue weighted by Crippen LogP contribution is -2.15. The lowest BCUT2D eigenvalue weighted by molar-refractivity contribution is 0.249. The van der Waals surface area contributed by atoms with Crippen LogP contribution in [0.5, 0.6) is 0 Å². The van der Waals surface area contributed by atoms with Crippen LogP contribution in [0.25, 0.3) is 11.1 Å². The molecule has 0 atom stereocenters. The van der Waals surface area contributed by atoms with Crippen LogP contribution in [-0.4, -0.2) is 6.67 Å². The Morgan fingerprint density at radius 2 is 1.15 bits per heavy atom. The molecule has 0 amide bonds. The Kier molecular flexibility index (Phi) is 10.1. The Balaban J connectivity index is 1.21. The first-order valence-corrected chi connectivity index (χ1v) is 14.5. The zero-order chi connectivity index (χ0) is 23.6. The van der Waals surface area contributed by atoms with E-state index in [0.29, 0.717) is 11.8 Å². The maximum atomic E-state index is 12.6. The normalized spacial score (nSPS) is 25.4. The summed E-state index contributed by atoms with van der Waals surface area (Å²) in [5, 5.41) is 0. The van der Waals surface area contributed by atoms with Crippen molar-refractivity contribution in [2.45, 2.75) is 109 Å². The van der Waals surface area contributed by atoms with Crippen LogP contribution in [0.1, 0.15) is 114 Å². The molecule has 2 aromatic rings. The van der Waals surface area contributed by atoms with Crippen LogP contribution in [0.15, 0.2) is 48.5 Å². The van der Waals surface area contributed by atoms with Crippen LogP contribution in [0.4, 0.5) is 4.39 Å². The first-order valence-electron chi connectivity index (χ1n) is 14.5. The molecule has 2 saturated carbocycles. The molecular weight excluding hydrogens is 415 g/mol. The third kappa shape index (κ3) is 7.43. The van der Waals surface area contributed by atoms with E-state index in [4.69, 9.17) is 0 Å². The maximum absolute atomic E-state index is 12.6. The van der Waals surface area contributed by atoms with Crippen molar-refractivity contribution >= 4 is 0 Å². The number of hydrogen-bond donors (Lipinski definition) is 0. The molecule has 0 aromatic heterocycles. The SMILES string of the molecule is CCCCC[C@H]1CC[C@H](CCc2ccc(-c3ccc([C@H]4CC[C@H](CCF)CC4)cc3)cc2)CC1. The lowest BCUT2D eigenvalue weighted by atomic mass is 9.77. The van der Waals surface area contributed by atoms with Crippen molar-refractivity contribution in [2.75, 3.05) is 6.67 Å². The zero-order valence-electron chi connectivity index (χ0n) is 21.6. The number of halogens is 1. The van der Waals surface area contributed by atoms with Crippen molar-refractivity contribution < 1.29 is 4.39 Å². The van der Waals surface area contributed by atoms with E-state index in [-0.39, 0.29) is 6.67 Å². The van der Waals surface area contributed by atoms with Gasteiger partial charge in [-0.2, -0.15) is 0 Å². The van der Waals surface area contributed by atoms with Crippen molar-refractivity contribution in [3.63, 3.8) is 0 Å². The second kappa shape index (κ2) is 13.5. The molecule has 0 unspecified atom stereocenters. The van der Waals surface area contributed by atoms with E-state index in [1.165, 1.54) is 112 Å². The van der Waals surface area contributed by atoms with E-state index in [2.05, 4.69) is 55.5 Å². The van der Waals surface area contributed by atoms with Crippen LogP contribution in [0, 0.1) is 17.8 Å². The summed E-state index contributed by atoms with van der Waals surface area (Å²) in [6, 6.07) is 18.6. The summed E-state index contributed by atoms with van der Waals surface area (Å²) in [6.45, 7) is 2.16. The summed E-state index contributed by atoms with van der Waals surface area (Å²) in [4.78, 5) is 0. The average molecular weight is 463 g/mol. The molecule has 2 aliphatic carbocycles. The molecule has 34 heavy (non-hydrogen) atoms. The smallest absolute Gasteiger partial charge is 0.0897 e. The molecular formula is C33H47F. The van der Waals surface area contributed by atoms with Gasteiger partial charge >= 0.3 is 0 Å². The average Bonchev–Trinajstić information content (AvgIpc) is 2.89. The molecule has 186 valence electrons. The third-order valence-electron chi connectivity index (χ3n) is 9.06. The lowest BCUT2D eigenvalue weighted by Gasteiger charge is -2.28. The first-order chi connectivity index (χ1) is 16.7. The summed E-state index contributed by atoms with van der Waals surface area (Å²) >= 11 is 0. The second-order valence-corrected chi connectivity index (χ2v) is 11.4. The highest BCUT2D eigenvalue weighted by Crippen LogP contribution is 2.38. The van der Waals surface area contributed by atoms with Crippen LogP contribution in [0.3, 0.4) is 0 Å². The van der Waals surface area contributed by atoms with E-state index >= 15 is 0 Å².